The van der Waals surface area contributed by atoms with Crippen LogP contribution in [0.2, 0.25) is 0 Å². The SMILES string of the molecule is CC1=CC=CC2(C=O)C3C=C(CCC=C(C)CC4=CC(=O)C(=CC4=O)CC=C(C)C3)CC2CC2=CC(=O)C=C(CC(C)=CCC1)C2=O. The highest BCUT2D eigenvalue weighted by Gasteiger charge is 2.46. The third kappa shape index (κ3) is 8.01. The minimum absolute atomic E-state index is 0.0982. The lowest BCUT2D eigenvalue weighted by molar-refractivity contribution is -0.119. The fourth-order valence-corrected chi connectivity index (χ4v) is 7.63. The summed E-state index contributed by atoms with van der Waals surface area (Å²) in [5, 5.41) is 0. The van der Waals surface area contributed by atoms with Gasteiger partial charge in [-0.1, -0.05) is 70.4 Å². The fraction of sp³-hybridized carbons (Fsp3) is 0.405. The summed E-state index contributed by atoms with van der Waals surface area (Å²) in [5.74, 6) is -0.920. The zero-order valence-corrected chi connectivity index (χ0v) is 28.2. The van der Waals surface area contributed by atoms with Crippen molar-refractivity contribution in [2.45, 2.75) is 91.9 Å². The van der Waals surface area contributed by atoms with Gasteiger partial charge in [-0.05, 0) is 128 Å². The van der Waals surface area contributed by atoms with Crippen molar-refractivity contribution < 1.29 is 24.0 Å². The van der Waals surface area contributed by atoms with Crippen molar-refractivity contribution in [1.29, 1.82) is 0 Å². The van der Waals surface area contributed by atoms with E-state index >= 15 is 0 Å². The molecule has 6 aliphatic rings. The van der Waals surface area contributed by atoms with E-state index < -0.39 is 5.41 Å². The number of Topliss-reactive ketones (excluding diaryl/α,β-unsaturated/α-hetero) is 1. The zero-order valence-electron chi connectivity index (χ0n) is 28.2. The van der Waals surface area contributed by atoms with E-state index in [1.54, 1.807) is 0 Å². The number of carbonyl (C=O) groups is 5. The van der Waals surface area contributed by atoms with Crippen LogP contribution in [0.5, 0.6) is 0 Å². The third-order valence-corrected chi connectivity index (χ3v) is 10.3. The van der Waals surface area contributed by atoms with Crippen molar-refractivity contribution in [2.75, 3.05) is 0 Å². The molecule has 0 saturated heterocycles. The molecule has 0 aromatic rings. The summed E-state index contributed by atoms with van der Waals surface area (Å²) < 4.78 is 0. The topological polar surface area (TPSA) is 85.3 Å². The van der Waals surface area contributed by atoms with E-state index in [9.17, 15) is 24.0 Å². The highest BCUT2D eigenvalue weighted by atomic mass is 16.1. The molecule has 0 saturated carbocycles. The van der Waals surface area contributed by atoms with Gasteiger partial charge in [-0.25, -0.2) is 0 Å². The summed E-state index contributed by atoms with van der Waals surface area (Å²) in [7, 11) is 0. The number of aldehydes is 1. The van der Waals surface area contributed by atoms with Gasteiger partial charge in [0.1, 0.15) is 6.29 Å². The first-order chi connectivity index (χ1) is 22.5. The Kier molecular flexibility index (Phi) is 10.6. The van der Waals surface area contributed by atoms with Gasteiger partial charge in [0.2, 0.25) is 0 Å². The van der Waals surface area contributed by atoms with Gasteiger partial charge < -0.3 is 4.79 Å². The van der Waals surface area contributed by atoms with Crippen molar-refractivity contribution in [3.05, 3.63) is 117 Å². The Morgan fingerprint density at radius 2 is 1.34 bits per heavy atom. The maximum Gasteiger partial charge on any atom is 0.185 e. The van der Waals surface area contributed by atoms with E-state index in [1.807, 2.05) is 39.0 Å². The van der Waals surface area contributed by atoms with E-state index in [4.69, 9.17) is 0 Å². The first kappa shape index (κ1) is 34.1. The van der Waals surface area contributed by atoms with Crippen LogP contribution in [0.3, 0.4) is 0 Å². The van der Waals surface area contributed by atoms with E-state index in [-0.39, 0.29) is 35.0 Å². The van der Waals surface area contributed by atoms with E-state index in [0.717, 1.165) is 48.7 Å². The second-order valence-electron chi connectivity index (χ2n) is 14.2. The van der Waals surface area contributed by atoms with E-state index in [2.05, 4.69) is 31.2 Å². The van der Waals surface area contributed by atoms with Crippen LogP contribution < -0.4 is 0 Å². The summed E-state index contributed by atoms with van der Waals surface area (Å²) >= 11 is 0. The van der Waals surface area contributed by atoms with Crippen molar-refractivity contribution >= 4 is 29.4 Å². The number of rotatable bonds is 1. The quantitative estimate of drug-likeness (QED) is 0.165. The van der Waals surface area contributed by atoms with Crippen molar-refractivity contribution in [1.82, 2.24) is 0 Å². The predicted octanol–water partition coefficient (Wildman–Crippen LogP) is 8.62. The highest BCUT2D eigenvalue weighted by molar-refractivity contribution is 6.21. The molecule has 6 rings (SSSR count). The molecule has 0 aromatic carbocycles. The summed E-state index contributed by atoms with van der Waals surface area (Å²) in [6, 6.07) is 0. The highest BCUT2D eigenvalue weighted by Crippen LogP contribution is 2.51. The van der Waals surface area contributed by atoms with E-state index in [1.165, 1.54) is 35.5 Å². The number of ketones is 4. The Labute approximate surface area is 279 Å². The van der Waals surface area contributed by atoms with Gasteiger partial charge in [-0.2, -0.15) is 0 Å². The first-order valence-corrected chi connectivity index (χ1v) is 16.9. The van der Waals surface area contributed by atoms with Gasteiger partial charge in [0.05, 0.1) is 5.41 Å². The molecule has 0 aliphatic heterocycles. The predicted molar refractivity (Wildman–Crippen MR) is 186 cm³/mol. The Balaban J connectivity index is 1.60. The number of hydrogen-bond acceptors (Lipinski definition) is 5. The summed E-state index contributed by atoms with van der Waals surface area (Å²) in [6.07, 6.45) is 27.7. The molecule has 244 valence electrons. The largest absolute Gasteiger partial charge is 0.302 e. The second-order valence-corrected chi connectivity index (χ2v) is 14.2. The van der Waals surface area contributed by atoms with Gasteiger partial charge in [-0.3, -0.25) is 19.2 Å². The van der Waals surface area contributed by atoms with Gasteiger partial charge in [0, 0.05) is 22.3 Å². The zero-order chi connectivity index (χ0) is 33.7. The summed E-state index contributed by atoms with van der Waals surface area (Å²) in [4.78, 5) is 66.1. The average molecular weight is 631 g/mol. The summed E-state index contributed by atoms with van der Waals surface area (Å²) in [5.41, 5.74) is 6.65. The number of allylic oxidation sites excluding steroid dienone is 20. The Morgan fingerprint density at radius 3 is 2.09 bits per heavy atom. The lowest BCUT2D eigenvalue weighted by Crippen LogP contribution is -2.41. The summed E-state index contributed by atoms with van der Waals surface area (Å²) in [6.45, 7) is 8.11. The average Bonchev–Trinajstić information content (AvgIpc) is 3.01. The number of carbonyl (C=O) groups excluding carboxylic acids is 5. The van der Waals surface area contributed by atoms with Gasteiger partial charge >= 0.3 is 0 Å². The van der Waals surface area contributed by atoms with Crippen molar-refractivity contribution in [3.63, 3.8) is 0 Å². The minimum Gasteiger partial charge on any atom is -0.302 e. The maximum absolute atomic E-state index is 13.8. The van der Waals surface area contributed by atoms with Crippen LogP contribution in [-0.2, 0) is 24.0 Å². The Morgan fingerprint density at radius 1 is 0.681 bits per heavy atom. The molecule has 0 heterocycles. The van der Waals surface area contributed by atoms with Crippen LogP contribution in [0.25, 0.3) is 0 Å². The molecule has 3 atom stereocenters. The molecule has 0 fully saturated rings. The molecule has 3 unspecified atom stereocenters. The monoisotopic (exact) mass is 630 g/mol. The van der Waals surface area contributed by atoms with Crippen LogP contribution in [0.1, 0.15) is 91.9 Å². The van der Waals surface area contributed by atoms with Crippen LogP contribution in [0.15, 0.2) is 117 Å². The lowest BCUT2D eigenvalue weighted by Gasteiger charge is -2.44. The van der Waals surface area contributed by atoms with Gasteiger partial charge in [0.15, 0.2) is 23.1 Å². The Bertz CT molecular complexity index is 1710. The van der Waals surface area contributed by atoms with Crippen molar-refractivity contribution in [3.8, 4) is 0 Å². The number of fused-ring (bicyclic) bond motifs is 10. The normalized spacial score (nSPS) is 28.1. The maximum atomic E-state index is 13.8. The van der Waals surface area contributed by atoms with Crippen LogP contribution in [0, 0.1) is 17.3 Å². The standard InChI is InChI=1S/C42H46O5/c1-27-8-5-9-29(3)17-34-22-38(44)23-35(41(34)47)21-37-20-31-12-6-10-28(2)16-33-25-39(45)32(24-40(33)46)14-13-30(4)18-36(19-31)42(37,26-43)15-7-11-27/h7,9-11,13,15,19,22-26,36-37H,5-6,8,12,14,16-18,20-21H2,1-4H3. The van der Waals surface area contributed by atoms with Crippen LogP contribution in [0.4, 0.5) is 0 Å². The van der Waals surface area contributed by atoms with Gasteiger partial charge in [0.25, 0.3) is 0 Å². The Hall–Kier alpha value is -4.25. The molecule has 0 radical (unpaired) electrons. The molecule has 5 nitrogen and oxygen atoms in total. The van der Waals surface area contributed by atoms with Gasteiger partial charge in [-0.15, -0.1) is 0 Å². The first-order valence-electron chi connectivity index (χ1n) is 16.9. The molecule has 6 bridgehead atoms. The van der Waals surface area contributed by atoms with Crippen LogP contribution in [-0.4, -0.2) is 29.4 Å². The molecule has 47 heavy (non-hydrogen) atoms. The lowest BCUT2D eigenvalue weighted by atomic mass is 9.58. The molecule has 0 amide bonds. The third-order valence-electron chi connectivity index (χ3n) is 10.3. The molecule has 0 aromatic heterocycles. The molecule has 6 aliphatic carbocycles. The molecular weight excluding hydrogens is 584 g/mol. The smallest absolute Gasteiger partial charge is 0.185 e. The fourth-order valence-electron chi connectivity index (χ4n) is 7.63. The molecule has 0 spiro atoms. The molecule has 0 N–H and O–H groups in total. The van der Waals surface area contributed by atoms with Crippen LogP contribution >= 0.6 is 0 Å². The molecular formula is C42H46O5. The minimum atomic E-state index is -0.917. The number of hydrogen-bond donors (Lipinski definition) is 0. The molecule has 5 heteroatoms. The van der Waals surface area contributed by atoms with E-state index in [0.29, 0.717) is 60.8 Å². The second kappa shape index (κ2) is 14.7. The van der Waals surface area contributed by atoms with Crippen molar-refractivity contribution in [2.24, 2.45) is 17.3 Å².